The zero-order chi connectivity index (χ0) is 17.9. The van der Waals surface area contributed by atoms with E-state index < -0.39 is 0 Å². The molecule has 6 heteroatoms. The molecule has 0 bridgehead atoms. The molecule has 1 amide bonds. The van der Waals surface area contributed by atoms with Crippen LogP contribution in [0.2, 0.25) is 0 Å². The van der Waals surface area contributed by atoms with Crippen molar-refractivity contribution in [1.29, 1.82) is 0 Å². The molecule has 136 valence electrons. The topological polar surface area (TPSA) is 55.6 Å². The molecular formula is C20H23N3O2S. The molecule has 0 saturated heterocycles. The SMILES string of the molecule is COc1ccc(-c2c(C(=O)NCC3CCCCC3)nc3sccn23)cc1. The van der Waals surface area contributed by atoms with Gasteiger partial charge in [0.2, 0.25) is 0 Å². The summed E-state index contributed by atoms with van der Waals surface area (Å²) in [4.78, 5) is 18.3. The minimum absolute atomic E-state index is 0.0858. The Kier molecular flexibility index (Phi) is 4.93. The molecule has 1 saturated carbocycles. The minimum atomic E-state index is -0.0858. The van der Waals surface area contributed by atoms with Gasteiger partial charge in [-0.25, -0.2) is 4.98 Å². The monoisotopic (exact) mass is 369 g/mol. The number of aromatic nitrogens is 2. The number of benzene rings is 1. The fourth-order valence-corrected chi connectivity index (χ4v) is 4.39. The Morgan fingerprint density at radius 2 is 2.04 bits per heavy atom. The molecule has 26 heavy (non-hydrogen) atoms. The van der Waals surface area contributed by atoms with E-state index in [1.54, 1.807) is 7.11 Å². The molecule has 0 unspecified atom stereocenters. The molecule has 5 nitrogen and oxygen atoms in total. The quantitative estimate of drug-likeness (QED) is 0.726. The molecule has 0 spiro atoms. The molecule has 1 fully saturated rings. The highest BCUT2D eigenvalue weighted by Gasteiger charge is 2.22. The van der Waals surface area contributed by atoms with Crippen molar-refractivity contribution in [2.75, 3.05) is 13.7 Å². The summed E-state index contributed by atoms with van der Waals surface area (Å²) in [7, 11) is 1.65. The van der Waals surface area contributed by atoms with Crippen LogP contribution in [0.15, 0.2) is 35.8 Å². The van der Waals surface area contributed by atoms with Gasteiger partial charge in [-0.05, 0) is 43.0 Å². The van der Waals surface area contributed by atoms with Gasteiger partial charge in [-0.1, -0.05) is 19.3 Å². The van der Waals surface area contributed by atoms with E-state index in [0.29, 0.717) is 11.6 Å². The first-order chi connectivity index (χ1) is 12.8. The van der Waals surface area contributed by atoms with E-state index >= 15 is 0 Å². The van der Waals surface area contributed by atoms with Crippen molar-refractivity contribution < 1.29 is 9.53 Å². The summed E-state index contributed by atoms with van der Waals surface area (Å²) in [5, 5.41) is 5.10. The first kappa shape index (κ1) is 17.1. The molecule has 0 atom stereocenters. The van der Waals surface area contributed by atoms with Crippen LogP contribution >= 0.6 is 11.3 Å². The summed E-state index contributed by atoms with van der Waals surface area (Å²) < 4.78 is 7.23. The van der Waals surface area contributed by atoms with Gasteiger partial charge in [0.05, 0.1) is 12.8 Å². The van der Waals surface area contributed by atoms with Gasteiger partial charge in [0, 0.05) is 23.7 Å². The maximum atomic E-state index is 12.9. The average molecular weight is 369 g/mol. The Morgan fingerprint density at radius 1 is 1.27 bits per heavy atom. The second-order valence-electron chi connectivity index (χ2n) is 6.81. The van der Waals surface area contributed by atoms with Gasteiger partial charge in [0.25, 0.3) is 5.91 Å². The third kappa shape index (κ3) is 3.33. The smallest absolute Gasteiger partial charge is 0.272 e. The normalized spacial score (nSPS) is 15.3. The van der Waals surface area contributed by atoms with Crippen LogP contribution < -0.4 is 10.1 Å². The van der Waals surface area contributed by atoms with Gasteiger partial charge in [-0.2, -0.15) is 0 Å². The first-order valence-corrected chi connectivity index (χ1v) is 10.0. The number of ether oxygens (including phenoxy) is 1. The number of imidazole rings is 1. The van der Waals surface area contributed by atoms with Gasteiger partial charge < -0.3 is 10.1 Å². The zero-order valence-electron chi connectivity index (χ0n) is 14.9. The van der Waals surface area contributed by atoms with Gasteiger partial charge in [0.15, 0.2) is 10.7 Å². The highest BCUT2D eigenvalue weighted by Crippen LogP contribution is 2.29. The summed E-state index contributed by atoms with van der Waals surface area (Å²) in [6.45, 7) is 0.742. The van der Waals surface area contributed by atoms with Crippen molar-refractivity contribution >= 4 is 22.2 Å². The summed E-state index contributed by atoms with van der Waals surface area (Å²) in [5.74, 6) is 1.31. The van der Waals surface area contributed by atoms with Crippen molar-refractivity contribution in [3.63, 3.8) is 0 Å². The van der Waals surface area contributed by atoms with E-state index in [9.17, 15) is 4.79 Å². The number of nitrogens with zero attached hydrogens (tertiary/aromatic N) is 2. The van der Waals surface area contributed by atoms with Crippen LogP contribution in [-0.4, -0.2) is 28.9 Å². The zero-order valence-corrected chi connectivity index (χ0v) is 15.7. The molecule has 0 radical (unpaired) electrons. The maximum Gasteiger partial charge on any atom is 0.272 e. The summed E-state index contributed by atoms with van der Waals surface area (Å²) in [6, 6.07) is 7.76. The Morgan fingerprint density at radius 3 is 2.77 bits per heavy atom. The molecule has 2 aromatic heterocycles. The summed E-state index contributed by atoms with van der Waals surface area (Å²) >= 11 is 1.54. The van der Waals surface area contributed by atoms with Crippen molar-refractivity contribution in [2.45, 2.75) is 32.1 Å². The van der Waals surface area contributed by atoms with Crippen LogP contribution in [-0.2, 0) is 0 Å². The lowest BCUT2D eigenvalue weighted by molar-refractivity contribution is 0.0940. The standard InChI is InChI=1S/C20H23N3O2S/c1-25-16-9-7-15(8-10-16)18-17(22-20-23(18)11-12-26-20)19(24)21-13-14-5-3-2-4-6-14/h7-12,14H,2-6,13H2,1H3,(H,21,24). The number of hydrogen-bond donors (Lipinski definition) is 1. The first-order valence-electron chi connectivity index (χ1n) is 9.14. The lowest BCUT2D eigenvalue weighted by atomic mass is 9.89. The van der Waals surface area contributed by atoms with Crippen molar-refractivity contribution in [3.8, 4) is 17.0 Å². The van der Waals surface area contributed by atoms with Crippen LogP contribution in [0.1, 0.15) is 42.6 Å². The number of carbonyl (C=O) groups is 1. The number of methoxy groups -OCH3 is 1. The fourth-order valence-electron chi connectivity index (χ4n) is 3.68. The minimum Gasteiger partial charge on any atom is -0.497 e. The van der Waals surface area contributed by atoms with Crippen LogP contribution in [0.25, 0.3) is 16.2 Å². The van der Waals surface area contributed by atoms with Crippen LogP contribution in [0.3, 0.4) is 0 Å². The molecule has 1 aliphatic rings. The second-order valence-corrected chi connectivity index (χ2v) is 7.68. The van der Waals surface area contributed by atoms with E-state index in [0.717, 1.165) is 28.5 Å². The Bertz CT molecular complexity index is 892. The van der Waals surface area contributed by atoms with Crippen LogP contribution in [0, 0.1) is 5.92 Å². The van der Waals surface area contributed by atoms with Gasteiger partial charge >= 0.3 is 0 Å². The van der Waals surface area contributed by atoms with E-state index in [4.69, 9.17) is 4.74 Å². The molecule has 1 aliphatic carbocycles. The maximum absolute atomic E-state index is 12.9. The predicted octanol–water partition coefficient (Wildman–Crippen LogP) is 4.38. The second kappa shape index (κ2) is 7.50. The molecular weight excluding hydrogens is 346 g/mol. The summed E-state index contributed by atoms with van der Waals surface area (Å²) in [6.07, 6.45) is 8.26. The van der Waals surface area contributed by atoms with Gasteiger partial charge in [-0.3, -0.25) is 9.20 Å². The molecule has 3 aromatic rings. The highest BCUT2D eigenvalue weighted by molar-refractivity contribution is 7.15. The highest BCUT2D eigenvalue weighted by atomic mass is 32.1. The van der Waals surface area contributed by atoms with Crippen LogP contribution in [0.4, 0.5) is 0 Å². The van der Waals surface area contributed by atoms with Gasteiger partial charge in [0.1, 0.15) is 5.75 Å². The number of rotatable bonds is 5. The summed E-state index contributed by atoms with van der Waals surface area (Å²) in [5.41, 5.74) is 2.29. The number of thiazole rings is 1. The van der Waals surface area contributed by atoms with E-state index in [1.807, 2.05) is 40.2 Å². The Hall–Kier alpha value is -2.34. The van der Waals surface area contributed by atoms with Crippen molar-refractivity contribution in [2.24, 2.45) is 5.92 Å². The molecule has 0 aliphatic heterocycles. The number of fused-ring (bicyclic) bond motifs is 1. The van der Waals surface area contributed by atoms with E-state index in [2.05, 4.69) is 10.3 Å². The van der Waals surface area contributed by atoms with Crippen LogP contribution in [0.5, 0.6) is 5.75 Å². The predicted molar refractivity (Wildman–Crippen MR) is 104 cm³/mol. The number of carbonyl (C=O) groups excluding carboxylic acids is 1. The van der Waals surface area contributed by atoms with Crippen molar-refractivity contribution in [1.82, 2.24) is 14.7 Å². The van der Waals surface area contributed by atoms with Crippen molar-refractivity contribution in [3.05, 3.63) is 41.5 Å². The molecule has 2 heterocycles. The lowest BCUT2D eigenvalue weighted by Gasteiger charge is -2.21. The number of amides is 1. The third-order valence-electron chi connectivity index (χ3n) is 5.12. The fraction of sp³-hybridized carbons (Fsp3) is 0.400. The van der Waals surface area contributed by atoms with E-state index in [-0.39, 0.29) is 5.91 Å². The lowest BCUT2D eigenvalue weighted by Crippen LogP contribution is -2.30. The largest absolute Gasteiger partial charge is 0.497 e. The molecule has 4 rings (SSSR count). The number of hydrogen-bond acceptors (Lipinski definition) is 4. The Balaban J connectivity index is 1.61. The van der Waals surface area contributed by atoms with Gasteiger partial charge in [-0.15, -0.1) is 11.3 Å². The average Bonchev–Trinajstić information content (AvgIpc) is 3.28. The molecule has 1 N–H and O–H groups in total. The van der Waals surface area contributed by atoms with E-state index in [1.165, 1.54) is 43.4 Å². The third-order valence-corrected chi connectivity index (χ3v) is 5.87. The number of nitrogens with one attached hydrogen (secondary N) is 1. The Labute approximate surface area is 157 Å². The molecule has 1 aromatic carbocycles.